The van der Waals surface area contributed by atoms with E-state index in [1.807, 2.05) is 35.2 Å². The summed E-state index contributed by atoms with van der Waals surface area (Å²) < 4.78 is 13.2. The Balaban J connectivity index is 1.30. The van der Waals surface area contributed by atoms with Crippen LogP contribution in [0.4, 0.5) is 4.79 Å². The molecule has 2 saturated heterocycles. The molecule has 0 aliphatic carbocycles. The number of carbonyl (C=O) groups is 1. The Labute approximate surface area is 170 Å². The van der Waals surface area contributed by atoms with Crippen molar-refractivity contribution in [1.82, 2.24) is 14.8 Å². The third-order valence-corrected chi connectivity index (χ3v) is 5.54. The Hall–Kier alpha value is -2.64. The molecule has 7 nitrogen and oxygen atoms in total. The zero-order valence-corrected chi connectivity index (χ0v) is 16.5. The fraction of sp³-hybridized carbons (Fsp3) is 0.455. The minimum absolute atomic E-state index is 0.0181. The van der Waals surface area contributed by atoms with Gasteiger partial charge in [0.15, 0.2) is 0 Å². The molecule has 2 aliphatic heterocycles. The molecule has 1 unspecified atom stereocenters. The predicted molar refractivity (Wildman–Crippen MR) is 109 cm³/mol. The number of urea groups is 1. The molecule has 2 aliphatic rings. The summed E-state index contributed by atoms with van der Waals surface area (Å²) in [6.07, 6.45) is 3.68. The number of nitrogens with zero attached hydrogens (tertiary/aromatic N) is 2. The van der Waals surface area contributed by atoms with Gasteiger partial charge in [0.1, 0.15) is 5.60 Å². The molecule has 1 spiro atoms. The van der Waals surface area contributed by atoms with Gasteiger partial charge in [0.05, 0.1) is 26.3 Å². The lowest BCUT2D eigenvalue weighted by molar-refractivity contribution is -0.160. The van der Waals surface area contributed by atoms with E-state index in [0.29, 0.717) is 39.4 Å². The van der Waals surface area contributed by atoms with Crippen molar-refractivity contribution in [2.24, 2.45) is 0 Å². The summed E-state index contributed by atoms with van der Waals surface area (Å²) in [7, 11) is 0. The van der Waals surface area contributed by atoms with Gasteiger partial charge in [0, 0.05) is 32.0 Å². The molecule has 2 fully saturated rings. The third-order valence-electron chi connectivity index (χ3n) is 5.54. The molecule has 29 heavy (non-hydrogen) atoms. The van der Waals surface area contributed by atoms with E-state index in [1.165, 1.54) is 0 Å². The van der Waals surface area contributed by atoms with Gasteiger partial charge in [-0.05, 0) is 30.0 Å². The van der Waals surface area contributed by atoms with Crippen LogP contribution in [0.25, 0.3) is 0 Å². The van der Waals surface area contributed by atoms with Crippen LogP contribution in [0, 0.1) is 0 Å². The largest absolute Gasteiger partial charge is 0.378 e. The average Bonchev–Trinajstić information content (AvgIpc) is 2.75. The lowest BCUT2D eigenvalue weighted by atomic mass is 9.94. The number of rotatable bonds is 4. The minimum atomic E-state index is -0.342. The monoisotopic (exact) mass is 397 g/mol. The summed E-state index contributed by atoms with van der Waals surface area (Å²) in [6.45, 7) is 4.04. The van der Waals surface area contributed by atoms with Crippen LogP contribution in [-0.2, 0) is 22.6 Å². The van der Waals surface area contributed by atoms with E-state index in [0.717, 1.165) is 30.6 Å². The Morgan fingerprint density at radius 3 is 2.69 bits per heavy atom. The molecule has 2 aromatic rings. The number of ether oxygens (including phenoxy) is 2. The highest BCUT2D eigenvalue weighted by atomic mass is 16.5. The summed E-state index contributed by atoms with van der Waals surface area (Å²) in [4.78, 5) is 26.3. The molecule has 3 heterocycles. The zero-order valence-electron chi connectivity index (χ0n) is 16.5. The molecule has 154 valence electrons. The number of pyridine rings is 1. The van der Waals surface area contributed by atoms with Crippen molar-refractivity contribution in [2.75, 3.05) is 32.9 Å². The van der Waals surface area contributed by atoms with Crippen molar-refractivity contribution in [1.29, 1.82) is 0 Å². The first-order valence-corrected chi connectivity index (χ1v) is 10.1. The lowest BCUT2D eigenvalue weighted by Gasteiger charge is -2.44. The van der Waals surface area contributed by atoms with E-state index in [4.69, 9.17) is 9.47 Å². The predicted octanol–water partition coefficient (Wildman–Crippen LogP) is 1.99. The summed E-state index contributed by atoms with van der Waals surface area (Å²) >= 11 is 0. The second kappa shape index (κ2) is 8.80. The molecular formula is C22H27N3O4. The standard InChI is InChI=1S/C22H27N3O4/c26-20-4-1-2-10-24(20)15-19-7-5-18(6-8-19)14-23-21(27)25-11-13-29-22(16-25)9-3-12-28-17-22/h1-2,4-8,10H,3,9,11-17H2,(H,23,27). The molecule has 0 bridgehead atoms. The molecule has 1 aromatic carbocycles. The summed E-state index contributed by atoms with van der Waals surface area (Å²) in [5.41, 5.74) is 1.70. The highest BCUT2D eigenvalue weighted by Crippen LogP contribution is 2.27. The Bertz CT molecular complexity index is 882. The van der Waals surface area contributed by atoms with E-state index in [2.05, 4.69) is 5.32 Å². The minimum Gasteiger partial charge on any atom is -0.378 e. The van der Waals surface area contributed by atoms with Crippen LogP contribution in [0.5, 0.6) is 0 Å². The smallest absolute Gasteiger partial charge is 0.317 e. The maximum atomic E-state index is 12.6. The number of hydrogen-bond acceptors (Lipinski definition) is 4. The van der Waals surface area contributed by atoms with Gasteiger partial charge in [-0.15, -0.1) is 0 Å². The van der Waals surface area contributed by atoms with Crippen LogP contribution in [0.15, 0.2) is 53.5 Å². The molecule has 0 saturated carbocycles. The van der Waals surface area contributed by atoms with Crippen LogP contribution in [0.3, 0.4) is 0 Å². The maximum absolute atomic E-state index is 12.6. The molecule has 0 radical (unpaired) electrons. The number of morpholine rings is 1. The topological polar surface area (TPSA) is 72.8 Å². The van der Waals surface area contributed by atoms with Gasteiger partial charge in [-0.2, -0.15) is 0 Å². The van der Waals surface area contributed by atoms with Gasteiger partial charge >= 0.3 is 6.03 Å². The molecule has 1 N–H and O–H groups in total. The van der Waals surface area contributed by atoms with Crippen molar-refractivity contribution >= 4 is 6.03 Å². The number of benzene rings is 1. The van der Waals surface area contributed by atoms with Gasteiger partial charge in [-0.3, -0.25) is 4.79 Å². The van der Waals surface area contributed by atoms with Crippen molar-refractivity contribution in [2.45, 2.75) is 31.5 Å². The summed E-state index contributed by atoms with van der Waals surface area (Å²) in [6, 6.07) is 13.0. The van der Waals surface area contributed by atoms with Crippen LogP contribution in [-0.4, -0.2) is 54.0 Å². The summed E-state index contributed by atoms with van der Waals surface area (Å²) in [5.74, 6) is 0. The highest BCUT2D eigenvalue weighted by Gasteiger charge is 2.40. The Morgan fingerprint density at radius 1 is 1.10 bits per heavy atom. The van der Waals surface area contributed by atoms with E-state index in [-0.39, 0.29) is 17.2 Å². The van der Waals surface area contributed by atoms with Gasteiger partial charge in [0.25, 0.3) is 5.56 Å². The van der Waals surface area contributed by atoms with Crippen molar-refractivity contribution in [3.63, 3.8) is 0 Å². The fourth-order valence-electron chi connectivity index (χ4n) is 3.92. The number of hydrogen-bond donors (Lipinski definition) is 1. The number of aromatic nitrogens is 1. The zero-order chi connectivity index (χ0) is 20.1. The first kappa shape index (κ1) is 19.7. The van der Waals surface area contributed by atoms with E-state index in [1.54, 1.807) is 22.9 Å². The average molecular weight is 397 g/mol. The molecule has 7 heteroatoms. The number of nitrogens with one attached hydrogen (secondary N) is 1. The molecule has 1 atom stereocenters. The normalized spacial score (nSPS) is 21.9. The van der Waals surface area contributed by atoms with Gasteiger partial charge in [0.2, 0.25) is 0 Å². The van der Waals surface area contributed by atoms with Crippen molar-refractivity contribution in [3.05, 3.63) is 70.1 Å². The molecule has 2 amide bonds. The molecular weight excluding hydrogens is 370 g/mol. The Morgan fingerprint density at radius 2 is 1.93 bits per heavy atom. The maximum Gasteiger partial charge on any atom is 0.317 e. The van der Waals surface area contributed by atoms with Crippen LogP contribution in [0.2, 0.25) is 0 Å². The van der Waals surface area contributed by atoms with Crippen molar-refractivity contribution < 1.29 is 14.3 Å². The molecule has 4 rings (SSSR count). The lowest BCUT2D eigenvalue weighted by Crippen LogP contribution is -2.58. The third kappa shape index (κ3) is 4.86. The van der Waals surface area contributed by atoms with E-state index in [9.17, 15) is 9.59 Å². The van der Waals surface area contributed by atoms with E-state index < -0.39 is 0 Å². The Kier molecular flexibility index (Phi) is 5.97. The van der Waals surface area contributed by atoms with Crippen molar-refractivity contribution in [3.8, 4) is 0 Å². The highest BCUT2D eigenvalue weighted by molar-refractivity contribution is 5.74. The van der Waals surface area contributed by atoms with Crippen LogP contribution < -0.4 is 10.9 Å². The first-order chi connectivity index (χ1) is 14.1. The van der Waals surface area contributed by atoms with Gasteiger partial charge in [-0.25, -0.2) is 4.79 Å². The summed E-state index contributed by atoms with van der Waals surface area (Å²) in [5, 5.41) is 3.00. The van der Waals surface area contributed by atoms with Crippen LogP contribution >= 0.6 is 0 Å². The quantitative estimate of drug-likeness (QED) is 0.856. The number of carbonyl (C=O) groups excluding carboxylic acids is 1. The second-order valence-corrected chi connectivity index (χ2v) is 7.75. The molecule has 1 aromatic heterocycles. The number of amides is 2. The van der Waals surface area contributed by atoms with E-state index >= 15 is 0 Å². The second-order valence-electron chi connectivity index (χ2n) is 7.75. The van der Waals surface area contributed by atoms with Gasteiger partial charge < -0.3 is 24.3 Å². The first-order valence-electron chi connectivity index (χ1n) is 10.1. The van der Waals surface area contributed by atoms with Gasteiger partial charge in [-0.1, -0.05) is 30.3 Å². The SMILES string of the molecule is O=C(NCc1ccc(Cn2ccccc2=O)cc1)N1CCOC2(CCCOC2)C1. The van der Waals surface area contributed by atoms with Crippen LogP contribution in [0.1, 0.15) is 24.0 Å². The fourth-order valence-corrected chi connectivity index (χ4v) is 3.92.